The number of rotatable bonds is 6. The Labute approximate surface area is 103 Å². The lowest BCUT2D eigenvalue weighted by atomic mass is 10.1. The molecule has 0 fully saturated rings. The van der Waals surface area contributed by atoms with Crippen molar-refractivity contribution in [2.24, 2.45) is 0 Å². The molecule has 0 bridgehead atoms. The minimum atomic E-state index is 0.291. The summed E-state index contributed by atoms with van der Waals surface area (Å²) < 4.78 is 0. The lowest BCUT2D eigenvalue weighted by Crippen LogP contribution is -2.20. The third-order valence-corrected chi connectivity index (χ3v) is 2.91. The number of unbranched alkanes of at least 4 members (excludes halogenated alkanes) is 2. The van der Waals surface area contributed by atoms with Gasteiger partial charge in [0.1, 0.15) is 0 Å². The van der Waals surface area contributed by atoms with Crippen LogP contribution in [0, 0.1) is 12.3 Å². The van der Waals surface area contributed by atoms with E-state index < -0.39 is 0 Å². The molecule has 1 nitrogen and oxygen atoms in total. The van der Waals surface area contributed by atoms with E-state index in [1.807, 2.05) is 18.2 Å². The first-order valence-corrected chi connectivity index (χ1v) is 6.04. The van der Waals surface area contributed by atoms with Gasteiger partial charge in [-0.05, 0) is 37.9 Å². The van der Waals surface area contributed by atoms with Crippen molar-refractivity contribution < 1.29 is 0 Å². The topological polar surface area (TPSA) is 12.0 Å². The summed E-state index contributed by atoms with van der Waals surface area (Å²) in [5, 5.41) is 4.27. The van der Waals surface area contributed by atoms with E-state index in [2.05, 4.69) is 24.2 Å². The van der Waals surface area contributed by atoms with Gasteiger partial charge in [-0.1, -0.05) is 29.8 Å². The molecule has 0 spiro atoms. The molecule has 0 aliphatic carbocycles. The molecule has 1 aromatic rings. The van der Waals surface area contributed by atoms with Gasteiger partial charge in [-0.2, -0.15) is 0 Å². The highest BCUT2D eigenvalue weighted by atomic mass is 35.5. The maximum atomic E-state index is 6.12. The largest absolute Gasteiger partial charge is 0.310 e. The highest BCUT2D eigenvalue weighted by Gasteiger charge is 2.07. The molecule has 1 N–H and O–H groups in total. The van der Waals surface area contributed by atoms with E-state index in [4.69, 9.17) is 18.0 Å². The van der Waals surface area contributed by atoms with Crippen LogP contribution in [-0.4, -0.2) is 6.54 Å². The highest BCUT2D eigenvalue weighted by Crippen LogP contribution is 2.21. The maximum absolute atomic E-state index is 6.12. The number of hydrogen-bond donors (Lipinski definition) is 1. The predicted molar refractivity (Wildman–Crippen MR) is 70.6 cm³/mol. The van der Waals surface area contributed by atoms with Crippen molar-refractivity contribution in [1.82, 2.24) is 5.32 Å². The first-order valence-electron chi connectivity index (χ1n) is 5.67. The minimum Gasteiger partial charge on any atom is -0.310 e. The Kier molecular flexibility index (Phi) is 6.00. The Bertz CT molecular complexity index is 354. The van der Waals surface area contributed by atoms with Crippen LogP contribution in [0.15, 0.2) is 24.3 Å². The second-order valence-electron chi connectivity index (χ2n) is 3.86. The second-order valence-corrected chi connectivity index (χ2v) is 4.27. The number of halogens is 1. The quantitative estimate of drug-likeness (QED) is 0.584. The molecular weight excluding hydrogens is 218 g/mol. The zero-order valence-electron chi connectivity index (χ0n) is 9.67. The lowest BCUT2D eigenvalue weighted by molar-refractivity contribution is 0.549. The van der Waals surface area contributed by atoms with Crippen molar-refractivity contribution in [3.63, 3.8) is 0 Å². The molecule has 0 aliphatic rings. The standard InChI is InChI=1S/C14H18ClN/c1-3-4-5-8-11-16-12(2)13-9-6-7-10-14(13)15/h1,6-7,9-10,12,16H,4-5,8,11H2,2H3. The van der Waals surface area contributed by atoms with Crippen LogP contribution in [0.2, 0.25) is 5.02 Å². The van der Waals surface area contributed by atoms with Crippen LogP contribution in [0.3, 0.4) is 0 Å². The summed E-state index contributed by atoms with van der Waals surface area (Å²) in [6.07, 6.45) is 8.25. The molecule has 0 aliphatic heterocycles. The fourth-order valence-corrected chi connectivity index (χ4v) is 1.91. The van der Waals surface area contributed by atoms with Crippen LogP contribution in [-0.2, 0) is 0 Å². The van der Waals surface area contributed by atoms with Crippen LogP contribution in [0.25, 0.3) is 0 Å². The van der Waals surface area contributed by atoms with Crippen LogP contribution >= 0.6 is 11.6 Å². The van der Waals surface area contributed by atoms with Gasteiger partial charge in [-0.25, -0.2) is 0 Å². The SMILES string of the molecule is C#CCCCCNC(C)c1ccccc1Cl. The average molecular weight is 236 g/mol. The molecule has 0 amide bonds. The van der Waals surface area contributed by atoms with Crippen molar-refractivity contribution in [3.05, 3.63) is 34.9 Å². The molecule has 86 valence electrons. The average Bonchev–Trinajstić information content (AvgIpc) is 2.29. The van der Waals surface area contributed by atoms with Crippen molar-refractivity contribution in [3.8, 4) is 12.3 Å². The molecule has 1 unspecified atom stereocenters. The van der Waals surface area contributed by atoms with E-state index >= 15 is 0 Å². The lowest BCUT2D eigenvalue weighted by Gasteiger charge is -2.15. The Morgan fingerprint density at radius 2 is 2.12 bits per heavy atom. The van der Waals surface area contributed by atoms with Crippen molar-refractivity contribution in [2.45, 2.75) is 32.2 Å². The van der Waals surface area contributed by atoms with Gasteiger partial charge in [-0.15, -0.1) is 12.3 Å². The smallest absolute Gasteiger partial charge is 0.0453 e. The van der Waals surface area contributed by atoms with Gasteiger partial charge in [-0.3, -0.25) is 0 Å². The Hall–Kier alpha value is -0.970. The molecular formula is C14H18ClN. The summed E-state index contributed by atoms with van der Waals surface area (Å²) in [6.45, 7) is 3.11. The molecule has 2 heteroatoms. The molecule has 1 atom stereocenters. The first kappa shape index (κ1) is 13.1. The first-order chi connectivity index (χ1) is 7.75. The summed E-state index contributed by atoms with van der Waals surface area (Å²) in [5.41, 5.74) is 1.15. The van der Waals surface area contributed by atoms with E-state index in [0.717, 1.165) is 36.4 Å². The fourth-order valence-electron chi connectivity index (χ4n) is 1.61. The summed E-state index contributed by atoms with van der Waals surface area (Å²) in [6, 6.07) is 8.23. The van der Waals surface area contributed by atoms with Crippen LogP contribution < -0.4 is 5.32 Å². The van der Waals surface area contributed by atoms with E-state index in [-0.39, 0.29) is 0 Å². The third-order valence-electron chi connectivity index (χ3n) is 2.57. The van der Waals surface area contributed by atoms with E-state index in [9.17, 15) is 0 Å². The summed E-state index contributed by atoms with van der Waals surface area (Å²) in [5.74, 6) is 2.65. The molecule has 1 rings (SSSR count). The second kappa shape index (κ2) is 7.33. The van der Waals surface area contributed by atoms with Gasteiger partial charge in [0, 0.05) is 17.5 Å². The number of benzene rings is 1. The van der Waals surface area contributed by atoms with Gasteiger partial charge in [0.05, 0.1) is 0 Å². The molecule has 16 heavy (non-hydrogen) atoms. The minimum absolute atomic E-state index is 0.291. The van der Waals surface area contributed by atoms with Gasteiger partial charge >= 0.3 is 0 Å². The molecule has 1 aromatic carbocycles. The monoisotopic (exact) mass is 235 g/mol. The summed E-state index contributed by atoms with van der Waals surface area (Å²) in [4.78, 5) is 0. The van der Waals surface area contributed by atoms with Crippen LogP contribution in [0.4, 0.5) is 0 Å². The summed E-state index contributed by atoms with van der Waals surface area (Å²) in [7, 11) is 0. The molecule has 0 saturated carbocycles. The van der Waals surface area contributed by atoms with Crippen LogP contribution in [0.5, 0.6) is 0 Å². The number of nitrogens with one attached hydrogen (secondary N) is 1. The molecule has 0 aromatic heterocycles. The molecule has 0 radical (unpaired) electrons. The van der Waals surface area contributed by atoms with E-state index in [1.54, 1.807) is 0 Å². The Morgan fingerprint density at radius 1 is 1.38 bits per heavy atom. The predicted octanol–water partition coefficient (Wildman–Crippen LogP) is 3.79. The van der Waals surface area contributed by atoms with Gasteiger partial charge in [0.15, 0.2) is 0 Å². The zero-order valence-corrected chi connectivity index (χ0v) is 10.4. The van der Waals surface area contributed by atoms with E-state index in [0.29, 0.717) is 6.04 Å². The third kappa shape index (κ3) is 4.26. The number of hydrogen-bond acceptors (Lipinski definition) is 1. The fraction of sp³-hybridized carbons (Fsp3) is 0.429. The van der Waals surface area contributed by atoms with E-state index in [1.165, 1.54) is 0 Å². The van der Waals surface area contributed by atoms with Gasteiger partial charge in [0.2, 0.25) is 0 Å². The number of terminal acetylenes is 1. The highest BCUT2D eigenvalue weighted by molar-refractivity contribution is 6.31. The normalized spacial score (nSPS) is 12.1. The van der Waals surface area contributed by atoms with Crippen molar-refractivity contribution in [1.29, 1.82) is 0 Å². The van der Waals surface area contributed by atoms with Gasteiger partial charge < -0.3 is 5.32 Å². The summed E-state index contributed by atoms with van der Waals surface area (Å²) >= 11 is 6.12. The van der Waals surface area contributed by atoms with Crippen molar-refractivity contribution in [2.75, 3.05) is 6.54 Å². The Balaban J connectivity index is 2.33. The van der Waals surface area contributed by atoms with Crippen LogP contribution in [0.1, 0.15) is 37.8 Å². The zero-order chi connectivity index (χ0) is 11.8. The van der Waals surface area contributed by atoms with Crippen molar-refractivity contribution >= 4 is 11.6 Å². The maximum Gasteiger partial charge on any atom is 0.0453 e. The molecule has 0 saturated heterocycles. The van der Waals surface area contributed by atoms with Gasteiger partial charge in [0.25, 0.3) is 0 Å². The molecule has 0 heterocycles. The Morgan fingerprint density at radius 3 is 2.81 bits per heavy atom.